The van der Waals surface area contributed by atoms with E-state index in [0.29, 0.717) is 71.4 Å². The number of likely N-dealkylation sites (N-methyl/N-ethyl adjacent to an activating group) is 1. The summed E-state index contributed by atoms with van der Waals surface area (Å²) in [4.78, 5) is 59.4. The minimum atomic E-state index is -5.00. The molecule has 13 nitrogen and oxygen atoms in total. The molecule has 4 heterocycles. The number of nitrogens with one attached hydrogen (secondary N) is 1. The normalized spacial score (nSPS) is 20.0. The van der Waals surface area contributed by atoms with Crippen LogP contribution in [0.2, 0.25) is 0 Å². The predicted molar refractivity (Wildman–Crippen MR) is 209 cm³/mol. The number of carbonyl (C=O) groups is 3. The van der Waals surface area contributed by atoms with Crippen LogP contribution in [0.5, 0.6) is 0 Å². The Hall–Kier alpha value is -5.10. The molecule has 58 heavy (non-hydrogen) atoms. The molecule has 3 aromatic rings. The fourth-order valence-electron chi connectivity index (χ4n) is 7.37. The van der Waals surface area contributed by atoms with Crippen molar-refractivity contribution < 1.29 is 41.1 Å². The molecule has 3 fully saturated rings. The average Bonchev–Trinajstić information content (AvgIpc) is 3.16. The molecule has 18 heteroatoms. The molecule has 0 bridgehead atoms. The van der Waals surface area contributed by atoms with Gasteiger partial charge in [-0.2, -0.15) is 13.2 Å². The minimum absolute atomic E-state index is 0.0123. The molecular weight excluding hydrogens is 765 g/mol. The van der Waals surface area contributed by atoms with Gasteiger partial charge >= 0.3 is 12.3 Å². The molecule has 3 aliphatic rings. The Kier molecular flexibility index (Phi) is 12.5. The number of piperazine rings is 3. The standard InChI is InChI=1S/C40H50F5N9O4/c1-25-22-54(23-26(2)49(25)6)34-19-32(42)30(18-33(34)48-36(56)29-8-7-28(41)17-31(29)40(43,44)45)27-20-46-37(47-21-27)52-15-13-51(14-16-52)35(55)24-50-9-11-53(12-10-50)38(57)58-39(3,4)5/h7-8,17-21,25-26H,9-16,22-24H2,1-6H3,(H,48,56)/t25-,26+. The smallest absolute Gasteiger partial charge is 0.417 e. The SMILES string of the molecule is C[C@@H]1CN(c2cc(F)c(-c3cnc(N4CCN(C(=O)CN5CCN(C(=O)OC(C)(C)C)CC5)CC4)nc3)cc2NC(=O)c2ccc(F)cc2C(F)(F)F)C[C@H](C)N1C. The van der Waals surface area contributed by atoms with E-state index in [1.165, 1.54) is 24.5 Å². The van der Waals surface area contributed by atoms with E-state index in [0.717, 1.165) is 12.1 Å². The van der Waals surface area contributed by atoms with Gasteiger partial charge in [0.2, 0.25) is 11.9 Å². The zero-order chi connectivity index (χ0) is 42.1. The molecule has 6 rings (SSSR count). The van der Waals surface area contributed by atoms with Crippen LogP contribution in [0, 0.1) is 11.6 Å². The first-order chi connectivity index (χ1) is 27.3. The number of carbonyl (C=O) groups excluding carboxylic acids is 3. The molecule has 314 valence electrons. The van der Waals surface area contributed by atoms with Crippen LogP contribution in [0.4, 0.5) is 44.1 Å². The van der Waals surface area contributed by atoms with Crippen LogP contribution in [-0.4, -0.2) is 144 Å². The number of halogens is 5. The van der Waals surface area contributed by atoms with Crippen LogP contribution >= 0.6 is 0 Å². The Morgan fingerprint density at radius 2 is 1.43 bits per heavy atom. The largest absolute Gasteiger partial charge is 0.444 e. The van der Waals surface area contributed by atoms with E-state index in [2.05, 4.69) is 20.2 Å². The fourth-order valence-corrected chi connectivity index (χ4v) is 7.37. The van der Waals surface area contributed by atoms with Crippen molar-refractivity contribution in [2.75, 3.05) is 94.2 Å². The number of amides is 3. The highest BCUT2D eigenvalue weighted by Gasteiger charge is 2.37. The highest BCUT2D eigenvalue weighted by molar-refractivity contribution is 6.07. The quantitative estimate of drug-likeness (QED) is 0.310. The van der Waals surface area contributed by atoms with Crippen LogP contribution in [0.15, 0.2) is 42.7 Å². The van der Waals surface area contributed by atoms with E-state index >= 15 is 4.39 Å². The second kappa shape index (κ2) is 17.0. The molecule has 2 atom stereocenters. The number of rotatable bonds is 7. The topological polar surface area (TPSA) is 118 Å². The van der Waals surface area contributed by atoms with Crippen molar-refractivity contribution in [2.24, 2.45) is 0 Å². The Labute approximate surface area is 334 Å². The highest BCUT2D eigenvalue weighted by atomic mass is 19.4. The molecule has 0 unspecified atom stereocenters. The molecule has 0 aliphatic carbocycles. The number of hydrogen-bond donors (Lipinski definition) is 1. The van der Waals surface area contributed by atoms with Gasteiger partial charge in [-0.05, 0) is 72.0 Å². The van der Waals surface area contributed by atoms with Crippen molar-refractivity contribution in [1.82, 2.24) is 29.6 Å². The molecule has 3 saturated heterocycles. The lowest BCUT2D eigenvalue weighted by Crippen LogP contribution is -2.55. The maximum atomic E-state index is 16.1. The Morgan fingerprint density at radius 3 is 2.02 bits per heavy atom. The number of anilines is 3. The van der Waals surface area contributed by atoms with Crippen molar-refractivity contribution >= 4 is 35.2 Å². The first-order valence-electron chi connectivity index (χ1n) is 19.3. The van der Waals surface area contributed by atoms with E-state index in [1.807, 2.05) is 56.4 Å². The minimum Gasteiger partial charge on any atom is -0.444 e. The summed E-state index contributed by atoms with van der Waals surface area (Å²) in [7, 11) is 1.97. The molecule has 0 radical (unpaired) electrons. The Bertz CT molecular complexity index is 1970. The summed E-state index contributed by atoms with van der Waals surface area (Å²) in [6.07, 6.45) is -2.50. The number of benzene rings is 2. The highest BCUT2D eigenvalue weighted by Crippen LogP contribution is 2.38. The lowest BCUT2D eigenvalue weighted by molar-refractivity contribution is -0.138. The first-order valence-corrected chi connectivity index (χ1v) is 19.3. The molecule has 2 aromatic carbocycles. The van der Waals surface area contributed by atoms with Crippen molar-refractivity contribution in [1.29, 1.82) is 0 Å². The Morgan fingerprint density at radius 1 is 0.828 bits per heavy atom. The van der Waals surface area contributed by atoms with Gasteiger partial charge in [-0.1, -0.05) is 0 Å². The molecule has 0 saturated carbocycles. The molecule has 1 N–H and O–H groups in total. The van der Waals surface area contributed by atoms with E-state index in [4.69, 9.17) is 4.74 Å². The van der Waals surface area contributed by atoms with Crippen LogP contribution in [-0.2, 0) is 15.7 Å². The fraction of sp³-hybridized carbons (Fsp3) is 0.525. The molecule has 1 aromatic heterocycles. The van der Waals surface area contributed by atoms with Crippen LogP contribution < -0.4 is 15.1 Å². The van der Waals surface area contributed by atoms with Crippen molar-refractivity contribution in [3.05, 3.63) is 65.5 Å². The molecule has 3 amide bonds. The van der Waals surface area contributed by atoms with Gasteiger partial charge in [0.15, 0.2) is 0 Å². The summed E-state index contributed by atoms with van der Waals surface area (Å²) in [6.45, 7) is 14.5. The van der Waals surface area contributed by atoms with E-state index < -0.39 is 40.4 Å². The van der Waals surface area contributed by atoms with Crippen molar-refractivity contribution in [3.63, 3.8) is 0 Å². The van der Waals surface area contributed by atoms with Gasteiger partial charge in [-0.25, -0.2) is 23.5 Å². The van der Waals surface area contributed by atoms with Gasteiger partial charge < -0.3 is 29.7 Å². The third kappa shape index (κ3) is 9.94. The molecule has 3 aliphatic heterocycles. The Balaban J connectivity index is 1.14. The third-order valence-corrected chi connectivity index (χ3v) is 10.8. The van der Waals surface area contributed by atoms with Crippen LogP contribution in [0.1, 0.15) is 50.5 Å². The zero-order valence-corrected chi connectivity index (χ0v) is 33.6. The maximum Gasteiger partial charge on any atom is 0.417 e. The van der Waals surface area contributed by atoms with Gasteiger partial charge in [0.05, 0.1) is 29.0 Å². The third-order valence-electron chi connectivity index (χ3n) is 10.8. The summed E-state index contributed by atoms with van der Waals surface area (Å²) in [5.74, 6) is -2.57. The number of alkyl halides is 3. The zero-order valence-electron chi connectivity index (χ0n) is 33.6. The lowest BCUT2D eigenvalue weighted by atomic mass is 10.0. The first kappa shape index (κ1) is 42.5. The van der Waals surface area contributed by atoms with E-state index in [1.54, 1.807) is 9.80 Å². The second-order valence-corrected chi connectivity index (χ2v) is 16.1. The maximum absolute atomic E-state index is 16.1. The average molecular weight is 816 g/mol. The summed E-state index contributed by atoms with van der Waals surface area (Å²) >= 11 is 0. The molecule has 0 spiro atoms. The van der Waals surface area contributed by atoms with Crippen molar-refractivity contribution in [2.45, 2.75) is 58.5 Å². The van der Waals surface area contributed by atoms with Crippen LogP contribution in [0.3, 0.4) is 0 Å². The van der Waals surface area contributed by atoms with Crippen molar-refractivity contribution in [3.8, 4) is 11.1 Å². The number of hydrogen-bond acceptors (Lipinski definition) is 10. The van der Waals surface area contributed by atoms with Gasteiger partial charge in [0.25, 0.3) is 5.91 Å². The summed E-state index contributed by atoms with van der Waals surface area (Å²) in [6, 6.07) is 4.50. The molecular formula is C40H50F5N9O4. The monoisotopic (exact) mass is 815 g/mol. The lowest BCUT2D eigenvalue weighted by Gasteiger charge is -2.44. The van der Waals surface area contributed by atoms with Gasteiger partial charge in [0, 0.05) is 101 Å². The number of nitrogens with zero attached hydrogens (tertiary/aromatic N) is 8. The van der Waals surface area contributed by atoms with Crippen LogP contribution in [0.25, 0.3) is 11.1 Å². The summed E-state index contributed by atoms with van der Waals surface area (Å²) < 4.78 is 77.0. The van der Waals surface area contributed by atoms with E-state index in [-0.39, 0.29) is 59.2 Å². The van der Waals surface area contributed by atoms with E-state index in [9.17, 15) is 31.9 Å². The second-order valence-electron chi connectivity index (χ2n) is 16.1. The summed E-state index contributed by atoms with van der Waals surface area (Å²) in [5, 5.41) is 2.56. The number of ether oxygens (including phenoxy) is 1. The summed E-state index contributed by atoms with van der Waals surface area (Å²) in [5.41, 5.74) is -2.16. The van der Waals surface area contributed by atoms with Gasteiger partial charge in [-0.3, -0.25) is 19.4 Å². The number of aromatic nitrogens is 2. The van der Waals surface area contributed by atoms with Gasteiger partial charge in [0.1, 0.15) is 17.2 Å². The van der Waals surface area contributed by atoms with Gasteiger partial charge in [-0.15, -0.1) is 0 Å². The predicted octanol–water partition coefficient (Wildman–Crippen LogP) is 5.42.